The molecule has 0 saturated heterocycles. The summed E-state index contributed by atoms with van der Waals surface area (Å²) in [4.78, 5) is 22.2. The Morgan fingerprint density at radius 3 is 2.38 bits per heavy atom. The Morgan fingerprint density at radius 1 is 1.00 bits per heavy atom. The molecule has 3 rings (SSSR count). The molecule has 0 aliphatic carbocycles. The second kappa shape index (κ2) is 11.1. The van der Waals surface area contributed by atoms with Gasteiger partial charge in [-0.15, -0.1) is 12.4 Å². The number of halogens is 1. The van der Waals surface area contributed by atoms with Crippen LogP contribution in [0.5, 0.6) is 5.75 Å². The summed E-state index contributed by atoms with van der Waals surface area (Å²) < 4.78 is 6.75. The lowest BCUT2D eigenvalue weighted by atomic mass is 10.2. The quantitative estimate of drug-likeness (QED) is 0.470. The van der Waals surface area contributed by atoms with E-state index in [0.717, 1.165) is 35.6 Å². The van der Waals surface area contributed by atoms with E-state index in [4.69, 9.17) is 9.72 Å². The molecule has 0 bridgehead atoms. The van der Waals surface area contributed by atoms with Crippen LogP contribution in [0.15, 0.2) is 48.5 Å². The molecule has 7 heteroatoms. The van der Waals surface area contributed by atoms with Crippen LogP contribution in [-0.4, -0.2) is 48.6 Å². The molecule has 0 fully saturated rings. The van der Waals surface area contributed by atoms with Crippen LogP contribution < -0.4 is 9.64 Å². The molecular formula is C22H28ClN3O2S. The maximum Gasteiger partial charge on any atom is 0.260 e. The maximum absolute atomic E-state index is 13.3. The standard InChI is InChI=1S/C22H27N3O2S.ClH/c1-4-24(5-2)15-16-25(21(26)17-11-8-7-9-12-17)22-23-20-18(27-6-3)13-10-14-19(20)28-22;/h7-14H,4-6,15-16H2,1-3H3;1H. The molecule has 0 unspecified atom stereocenters. The van der Waals surface area contributed by atoms with Gasteiger partial charge in [0.25, 0.3) is 5.91 Å². The lowest BCUT2D eigenvalue weighted by molar-refractivity contribution is 0.0983. The molecule has 5 nitrogen and oxygen atoms in total. The molecule has 1 amide bonds. The molecule has 1 heterocycles. The lowest BCUT2D eigenvalue weighted by Crippen LogP contribution is -2.38. The van der Waals surface area contributed by atoms with Gasteiger partial charge in [-0.05, 0) is 44.3 Å². The normalized spacial score (nSPS) is 10.8. The molecule has 3 aromatic rings. The van der Waals surface area contributed by atoms with E-state index >= 15 is 0 Å². The highest BCUT2D eigenvalue weighted by Crippen LogP contribution is 2.34. The second-order valence-corrected chi connectivity index (χ2v) is 7.39. The van der Waals surface area contributed by atoms with Crippen molar-refractivity contribution in [3.8, 4) is 5.75 Å². The molecule has 1 aromatic heterocycles. The van der Waals surface area contributed by atoms with Crippen molar-refractivity contribution in [1.82, 2.24) is 9.88 Å². The third-order valence-electron chi connectivity index (χ3n) is 4.70. The third kappa shape index (κ3) is 5.47. The van der Waals surface area contributed by atoms with Gasteiger partial charge >= 0.3 is 0 Å². The highest BCUT2D eigenvalue weighted by molar-refractivity contribution is 7.22. The van der Waals surface area contributed by atoms with Crippen LogP contribution in [-0.2, 0) is 0 Å². The monoisotopic (exact) mass is 433 g/mol. The van der Waals surface area contributed by atoms with Gasteiger partial charge in [-0.25, -0.2) is 4.98 Å². The average Bonchev–Trinajstić information content (AvgIpc) is 3.17. The largest absolute Gasteiger partial charge is 0.492 e. The molecular weight excluding hydrogens is 406 g/mol. The van der Waals surface area contributed by atoms with Gasteiger partial charge in [0.15, 0.2) is 5.13 Å². The van der Waals surface area contributed by atoms with E-state index in [1.165, 1.54) is 11.3 Å². The number of rotatable bonds is 9. The Labute approximate surface area is 182 Å². The molecule has 0 radical (unpaired) electrons. The SMILES string of the molecule is CCOc1cccc2sc(N(CCN(CC)CC)C(=O)c3ccccc3)nc12.Cl. The van der Waals surface area contributed by atoms with Crippen molar-refractivity contribution in [3.05, 3.63) is 54.1 Å². The number of likely N-dealkylation sites (N-methyl/N-ethyl adjacent to an activating group) is 1. The van der Waals surface area contributed by atoms with Crippen molar-refractivity contribution in [1.29, 1.82) is 0 Å². The van der Waals surface area contributed by atoms with Crippen LogP contribution in [0.2, 0.25) is 0 Å². The number of benzene rings is 2. The minimum absolute atomic E-state index is 0. The number of nitrogens with zero attached hydrogens (tertiary/aromatic N) is 3. The molecule has 0 saturated carbocycles. The van der Waals surface area contributed by atoms with E-state index in [1.54, 1.807) is 4.90 Å². The summed E-state index contributed by atoms with van der Waals surface area (Å²) in [5.74, 6) is 0.739. The number of para-hydroxylation sites is 1. The third-order valence-corrected chi connectivity index (χ3v) is 5.75. The lowest BCUT2D eigenvalue weighted by Gasteiger charge is -2.24. The Bertz CT molecular complexity index is 913. The first-order chi connectivity index (χ1) is 13.7. The zero-order valence-electron chi connectivity index (χ0n) is 17.1. The number of hydrogen-bond acceptors (Lipinski definition) is 5. The van der Waals surface area contributed by atoms with Crippen LogP contribution in [0.4, 0.5) is 5.13 Å². The highest BCUT2D eigenvalue weighted by Gasteiger charge is 2.22. The minimum Gasteiger partial charge on any atom is -0.492 e. The van der Waals surface area contributed by atoms with Crippen molar-refractivity contribution in [2.24, 2.45) is 0 Å². The number of aromatic nitrogens is 1. The fraction of sp³-hybridized carbons (Fsp3) is 0.364. The van der Waals surface area contributed by atoms with Gasteiger partial charge in [-0.3, -0.25) is 9.69 Å². The number of amides is 1. The molecule has 0 aliphatic rings. The summed E-state index contributed by atoms with van der Waals surface area (Å²) >= 11 is 1.53. The zero-order chi connectivity index (χ0) is 19.9. The first-order valence-corrected chi connectivity index (χ1v) is 10.6. The fourth-order valence-corrected chi connectivity index (χ4v) is 4.11. The summed E-state index contributed by atoms with van der Waals surface area (Å²) in [6.45, 7) is 10.1. The Hall–Kier alpha value is -2.15. The van der Waals surface area contributed by atoms with Gasteiger partial charge in [0.1, 0.15) is 11.3 Å². The van der Waals surface area contributed by atoms with Gasteiger partial charge in [-0.2, -0.15) is 0 Å². The van der Waals surface area contributed by atoms with Crippen LogP contribution in [0, 0.1) is 0 Å². The first kappa shape index (κ1) is 23.1. The Balaban J connectivity index is 0.00000300. The molecule has 156 valence electrons. The van der Waals surface area contributed by atoms with E-state index in [0.29, 0.717) is 23.8 Å². The smallest absolute Gasteiger partial charge is 0.260 e. The van der Waals surface area contributed by atoms with Gasteiger partial charge in [0, 0.05) is 18.7 Å². The first-order valence-electron chi connectivity index (χ1n) is 9.79. The Kier molecular flexibility index (Phi) is 8.89. The number of anilines is 1. The van der Waals surface area contributed by atoms with Crippen LogP contribution in [0.25, 0.3) is 10.2 Å². The predicted octanol–water partition coefficient (Wildman–Crippen LogP) is 5.11. The number of hydrogen-bond donors (Lipinski definition) is 0. The number of ether oxygens (including phenoxy) is 1. The van der Waals surface area contributed by atoms with Crippen molar-refractivity contribution in [2.45, 2.75) is 20.8 Å². The number of carbonyl (C=O) groups excluding carboxylic acids is 1. The van der Waals surface area contributed by atoms with Crippen molar-refractivity contribution >= 4 is 45.0 Å². The highest BCUT2D eigenvalue weighted by atomic mass is 35.5. The van der Waals surface area contributed by atoms with Crippen LogP contribution in [0.3, 0.4) is 0 Å². The van der Waals surface area contributed by atoms with E-state index in [-0.39, 0.29) is 18.3 Å². The average molecular weight is 434 g/mol. The maximum atomic E-state index is 13.3. The van der Waals surface area contributed by atoms with E-state index in [1.807, 2.05) is 55.5 Å². The van der Waals surface area contributed by atoms with E-state index in [2.05, 4.69) is 18.7 Å². The number of carbonyl (C=O) groups is 1. The van der Waals surface area contributed by atoms with Gasteiger partial charge in [0.05, 0.1) is 11.3 Å². The summed E-state index contributed by atoms with van der Waals surface area (Å²) in [5, 5.41) is 0.711. The second-order valence-electron chi connectivity index (χ2n) is 6.38. The van der Waals surface area contributed by atoms with E-state index < -0.39 is 0 Å². The number of thiazole rings is 1. The molecule has 2 aromatic carbocycles. The van der Waals surface area contributed by atoms with Crippen LogP contribution >= 0.6 is 23.7 Å². The zero-order valence-corrected chi connectivity index (χ0v) is 18.8. The topological polar surface area (TPSA) is 45.7 Å². The summed E-state index contributed by atoms with van der Waals surface area (Å²) in [6.07, 6.45) is 0. The molecule has 0 N–H and O–H groups in total. The molecule has 0 spiro atoms. The predicted molar refractivity (Wildman–Crippen MR) is 124 cm³/mol. The summed E-state index contributed by atoms with van der Waals surface area (Å²) in [7, 11) is 0. The van der Waals surface area contributed by atoms with Crippen molar-refractivity contribution in [2.75, 3.05) is 37.7 Å². The van der Waals surface area contributed by atoms with Gasteiger partial charge in [0.2, 0.25) is 0 Å². The number of fused-ring (bicyclic) bond motifs is 1. The van der Waals surface area contributed by atoms with Gasteiger partial charge < -0.3 is 9.64 Å². The van der Waals surface area contributed by atoms with Gasteiger partial charge in [-0.1, -0.05) is 49.4 Å². The Morgan fingerprint density at radius 2 is 1.72 bits per heavy atom. The van der Waals surface area contributed by atoms with Crippen molar-refractivity contribution in [3.63, 3.8) is 0 Å². The summed E-state index contributed by atoms with van der Waals surface area (Å²) in [6, 6.07) is 15.3. The molecule has 0 aliphatic heterocycles. The molecule has 29 heavy (non-hydrogen) atoms. The fourth-order valence-electron chi connectivity index (χ4n) is 3.10. The van der Waals surface area contributed by atoms with E-state index in [9.17, 15) is 4.79 Å². The summed E-state index contributed by atoms with van der Waals surface area (Å²) in [5.41, 5.74) is 1.49. The van der Waals surface area contributed by atoms with Crippen LogP contribution in [0.1, 0.15) is 31.1 Å². The van der Waals surface area contributed by atoms with Crippen molar-refractivity contribution < 1.29 is 9.53 Å². The minimum atomic E-state index is -0.0234. The molecule has 0 atom stereocenters.